The zero-order valence-corrected chi connectivity index (χ0v) is 16.4. The molecule has 0 aliphatic carbocycles. The van der Waals surface area contributed by atoms with Crippen LogP contribution in [0.3, 0.4) is 0 Å². The van der Waals surface area contributed by atoms with E-state index in [1.165, 1.54) is 18.6 Å². The van der Waals surface area contributed by atoms with E-state index in [0.29, 0.717) is 39.6 Å². The molecule has 0 atom stereocenters. The number of rotatable bonds is 5. The van der Waals surface area contributed by atoms with E-state index in [-0.39, 0.29) is 12.5 Å². The average molecular weight is 418 g/mol. The lowest BCUT2D eigenvalue weighted by molar-refractivity contribution is -0.137. The maximum Gasteiger partial charge on any atom is 0.416 e. The minimum atomic E-state index is -4.47. The fourth-order valence-electron chi connectivity index (χ4n) is 3.64. The van der Waals surface area contributed by atoms with Crippen LogP contribution in [0.5, 0.6) is 0 Å². The quantitative estimate of drug-likeness (QED) is 0.479. The Labute approximate surface area is 170 Å². The summed E-state index contributed by atoms with van der Waals surface area (Å²) in [5, 5.41) is 23.4. The summed E-state index contributed by atoms with van der Waals surface area (Å²) in [5.41, 5.74) is 1.94. The van der Waals surface area contributed by atoms with Gasteiger partial charge in [0.1, 0.15) is 0 Å². The van der Waals surface area contributed by atoms with Crippen LogP contribution >= 0.6 is 0 Å². The standard InChI is InChI=1S/C21H21F3N4O2/c1-12(2)9-28-19-14(8-26-28)5-16(21(22,23)24)6-15(19)10-27-11-25-17-7-13(20(29)30)3-4-18(17)27/h3-8,11-12,20,29-30H,9-10H2,1-2H3. The SMILES string of the molecule is CC(C)Cn1ncc2cc(C(F)(F)F)cc(Cn3cnc4cc(C(O)O)ccc43)c21. The van der Waals surface area contributed by atoms with Crippen molar-refractivity contribution >= 4 is 21.9 Å². The smallest absolute Gasteiger partial charge is 0.364 e. The molecule has 0 saturated heterocycles. The van der Waals surface area contributed by atoms with Crippen molar-refractivity contribution in [1.82, 2.24) is 19.3 Å². The van der Waals surface area contributed by atoms with Crippen LogP contribution in [-0.2, 0) is 19.3 Å². The van der Waals surface area contributed by atoms with Crippen molar-refractivity contribution in [3.8, 4) is 0 Å². The summed E-state index contributed by atoms with van der Waals surface area (Å²) in [6, 6.07) is 7.06. The number of alkyl halides is 3. The number of benzene rings is 2. The van der Waals surface area contributed by atoms with E-state index in [1.807, 2.05) is 13.8 Å². The lowest BCUT2D eigenvalue weighted by Gasteiger charge is -2.14. The molecule has 2 aromatic carbocycles. The monoisotopic (exact) mass is 418 g/mol. The Balaban J connectivity index is 1.84. The molecule has 30 heavy (non-hydrogen) atoms. The third-order valence-corrected chi connectivity index (χ3v) is 4.96. The van der Waals surface area contributed by atoms with E-state index in [4.69, 9.17) is 0 Å². The first-order valence-electron chi connectivity index (χ1n) is 9.50. The second kappa shape index (κ2) is 7.41. The van der Waals surface area contributed by atoms with Crippen LogP contribution < -0.4 is 0 Å². The van der Waals surface area contributed by atoms with E-state index in [1.54, 1.807) is 27.4 Å². The van der Waals surface area contributed by atoms with Gasteiger partial charge in [-0.15, -0.1) is 0 Å². The molecule has 0 aliphatic heterocycles. The van der Waals surface area contributed by atoms with Crippen molar-refractivity contribution in [1.29, 1.82) is 0 Å². The number of nitrogens with zero attached hydrogens (tertiary/aromatic N) is 4. The number of fused-ring (bicyclic) bond motifs is 2. The number of hydrogen-bond acceptors (Lipinski definition) is 4. The van der Waals surface area contributed by atoms with Crippen LogP contribution in [0.1, 0.15) is 36.8 Å². The van der Waals surface area contributed by atoms with Gasteiger partial charge in [0.25, 0.3) is 0 Å². The minimum Gasteiger partial charge on any atom is -0.364 e. The number of hydrogen-bond donors (Lipinski definition) is 2. The van der Waals surface area contributed by atoms with Gasteiger partial charge in [-0.3, -0.25) is 4.68 Å². The van der Waals surface area contributed by atoms with E-state index in [9.17, 15) is 23.4 Å². The zero-order chi connectivity index (χ0) is 21.6. The Morgan fingerprint density at radius 1 is 1.10 bits per heavy atom. The van der Waals surface area contributed by atoms with Gasteiger partial charge < -0.3 is 14.8 Å². The van der Waals surface area contributed by atoms with Crippen LogP contribution in [0.15, 0.2) is 42.9 Å². The molecule has 0 fully saturated rings. The third kappa shape index (κ3) is 3.78. The average Bonchev–Trinajstić information content (AvgIpc) is 3.24. The summed E-state index contributed by atoms with van der Waals surface area (Å²) in [6.45, 7) is 4.80. The maximum atomic E-state index is 13.5. The Kier molecular flexibility index (Phi) is 5.03. The molecule has 6 nitrogen and oxygen atoms in total. The van der Waals surface area contributed by atoms with Crippen LogP contribution in [0, 0.1) is 5.92 Å². The number of aliphatic hydroxyl groups is 2. The summed E-state index contributed by atoms with van der Waals surface area (Å²) < 4.78 is 43.9. The molecule has 0 saturated carbocycles. The number of aliphatic hydroxyl groups excluding tert-OH is 1. The molecule has 2 heterocycles. The Hall–Kier alpha value is -2.91. The lowest BCUT2D eigenvalue weighted by Crippen LogP contribution is -2.11. The van der Waals surface area contributed by atoms with Crippen LogP contribution in [0.4, 0.5) is 13.2 Å². The lowest BCUT2D eigenvalue weighted by atomic mass is 10.1. The highest BCUT2D eigenvalue weighted by Crippen LogP contribution is 2.34. The molecule has 0 spiro atoms. The fourth-order valence-corrected chi connectivity index (χ4v) is 3.64. The molecule has 0 bridgehead atoms. The molecule has 4 rings (SSSR count). The highest BCUT2D eigenvalue weighted by molar-refractivity contribution is 5.83. The van der Waals surface area contributed by atoms with Crippen molar-refractivity contribution in [2.45, 2.75) is 39.4 Å². The molecular weight excluding hydrogens is 397 g/mol. The summed E-state index contributed by atoms with van der Waals surface area (Å²) in [6.07, 6.45) is -3.08. The van der Waals surface area contributed by atoms with E-state index >= 15 is 0 Å². The van der Waals surface area contributed by atoms with Gasteiger partial charge >= 0.3 is 6.18 Å². The second-order valence-electron chi connectivity index (χ2n) is 7.79. The first-order valence-corrected chi connectivity index (χ1v) is 9.50. The number of halogens is 3. The second-order valence-corrected chi connectivity index (χ2v) is 7.79. The number of aromatic nitrogens is 4. The highest BCUT2D eigenvalue weighted by Gasteiger charge is 2.32. The summed E-state index contributed by atoms with van der Waals surface area (Å²) >= 11 is 0. The van der Waals surface area contributed by atoms with Crippen molar-refractivity contribution in [2.75, 3.05) is 0 Å². The Morgan fingerprint density at radius 2 is 1.87 bits per heavy atom. The first kappa shape index (κ1) is 20.4. The third-order valence-electron chi connectivity index (χ3n) is 4.96. The van der Waals surface area contributed by atoms with Gasteiger partial charge in [-0.2, -0.15) is 18.3 Å². The minimum absolute atomic E-state index is 0.168. The topological polar surface area (TPSA) is 76.1 Å². The van der Waals surface area contributed by atoms with E-state index in [2.05, 4.69) is 10.1 Å². The predicted octanol–water partition coefficient (Wildman–Crippen LogP) is 4.09. The number of imidazole rings is 1. The van der Waals surface area contributed by atoms with Gasteiger partial charge in [0.05, 0.1) is 41.2 Å². The Bertz CT molecular complexity index is 1210. The highest BCUT2D eigenvalue weighted by atomic mass is 19.4. The first-order chi connectivity index (χ1) is 14.1. The van der Waals surface area contributed by atoms with Gasteiger partial charge in [0, 0.05) is 17.5 Å². The van der Waals surface area contributed by atoms with Gasteiger partial charge in [0.2, 0.25) is 0 Å². The van der Waals surface area contributed by atoms with Gasteiger partial charge in [-0.05, 0) is 35.7 Å². The summed E-state index contributed by atoms with van der Waals surface area (Å²) in [7, 11) is 0. The largest absolute Gasteiger partial charge is 0.416 e. The van der Waals surface area contributed by atoms with Crippen LogP contribution in [-0.4, -0.2) is 29.5 Å². The molecule has 2 N–H and O–H groups in total. The molecule has 4 aromatic rings. The fraction of sp³-hybridized carbons (Fsp3) is 0.333. The molecule has 2 aromatic heterocycles. The summed E-state index contributed by atoms with van der Waals surface area (Å²) in [5.74, 6) is 0.278. The molecule has 158 valence electrons. The normalized spacial score (nSPS) is 12.7. The molecule has 9 heteroatoms. The Morgan fingerprint density at radius 3 is 2.53 bits per heavy atom. The zero-order valence-electron chi connectivity index (χ0n) is 16.4. The van der Waals surface area contributed by atoms with Crippen molar-refractivity contribution < 1.29 is 23.4 Å². The molecule has 0 radical (unpaired) electrons. The van der Waals surface area contributed by atoms with Gasteiger partial charge in [-0.25, -0.2) is 4.98 Å². The molecular formula is C21H21F3N4O2. The molecule has 0 amide bonds. The van der Waals surface area contributed by atoms with Gasteiger partial charge in [0.15, 0.2) is 6.29 Å². The van der Waals surface area contributed by atoms with E-state index in [0.717, 1.165) is 6.07 Å². The molecule has 0 aliphatic rings. The van der Waals surface area contributed by atoms with Crippen molar-refractivity contribution in [3.05, 3.63) is 59.5 Å². The van der Waals surface area contributed by atoms with Gasteiger partial charge in [-0.1, -0.05) is 19.9 Å². The van der Waals surface area contributed by atoms with E-state index < -0.39 is 18.0 Å². The van der Waals surface area contributed by atoms with Crippen LogP contribution in [0.2, 0.25) is 0 Å². The molecule has 0 unspecified atom stereocenters. The van der Waals surface area contributed by atoms with Crippen molar-refractivity contribution in [2.24, 2.45) is 5.92 Å². The van der Waals surface area contributed by atoms with Crippen LogP contribution in [0.25, 0.3) is 21.9 Å². The summed E-state index contributed by atoms with van der Waals surface area (Å²) in [4.78, 5) is 4.26. The maximum absolute atomic E-state index is 13.5. The van der Waals surface area contributed by atoms with Crippen molar-refractivity contribution in [3.63, 3.8) is 0 Å². The predicted molar refractivity (Wildman–Crippen MR) is 106 cm³/mol.